The number of sulfonamides is 1. The SMILES string of the molecule is O=C(NS(=O)(=O)c1ccccc1Cl)N1CC2CCCCC2=N1. The van der Waals surface area contributed by atoms with E-state index in [-0.39, 0.29) is 15.8 Å². The zero-order valence-corrected chi connectivity index (χ0v) is 13.4. The lowest BCUT2D eigenvalue weighted by atomic mass is 9.88. The van der Waals surface area contributed by atoms with E-state index in [1.54, 1.807) is 12.1 Å². The van der Waals surface area contributed by atoms with E-state index >= 15 is 0 Å². The Bertz CT molecular complexity index is 733. The van der Waals surface area contributed by atoms with Crippen molar-refractivity contribution in [2.45, 2.75) is 30.6 Å². The molecule has 2 amide bonds. The standard InChI is InChI=1S/C14H16ClN3O3S/c15-11-6-2-4-8-13(11)22(20,21)17-14(19)18-9-10-5-1-3-7-12(10)16-18/h2,4,6,8,10H,1,3,5,7,9H2,(H,17,19). The smallest absolute Gasteiger partial charge is 0.246 e. The van der Waals surface area contributed by atoms with Gasteiger partial charge in [0.05, 0.1) is 11.6 Å². The van der Waals surface area contributed by atoms with Gasteiger partial charge in [-0.2, -0.15) is 5.10 Å². The number of benzene rings is 1. The Balaban J connectivity index is 1.75. The normalized spacial score (nSPS) is 21.2. The van der Waals surface area contributed by atoms with Gasteiger partial charge in [0.15, 0.2) is 0 Å². The highest BCUT2D eigenvalue weighted by Crippen LogP contribution is 2.28. The van der Waals surface area contributed by atoms with Gasteiger partial charge in [0.25, 0.3) is 10.0 Å². The minimum Gasteiger partial charge on any atom is -0.246 e. The van der Waals surface area contributed by atoms with Gasteiger partial charge in [-0.15, -0.1) is 0 Å². The van der Waals surface area contributed by atoms with Crippen molar-refractivity contribution in [2.24, 2.45) is 11.0 Å². The number of fused-ring (bicyclic) bond motifs is 1. The molecule has 1 saturated carbocycles. The van der Waals surface area contributed by atoms with Gasteiger partial charge in [0.1, 0.15) is 4.90 Å². The van der Waals surface area contributed by atoms with Gasteiger partial charge in [-0.1, -0.05) is 30.2 Å². The Kier molecular flexibility index (Phi) is 4.10. The molecule has 1 N–H and O–H groups in total. The Hall–Kier alpha value is -1.60. The third-order valence-electron chi connectivity index (χ3n) is 3.93. The number of nitrogens with one attached hydrogen (secondary N) is 1. The zero-order valence-electron chi connectivity index (χ0n) is 11.8. The molecule has 3 rings (SSSR count). The molecular formula is C14H16ClN3O3S. The predicted molar refractivity (Wildman–Crippen MR) is 83.3 cm³/mol. The van der Waals surface area contributed by atoms with E-state index in [0.29, 0.717) is 6.54 Å². The summed E-state index contributed by atoms with van der Waals surface area (Å²) < 4.78 is 26.5. The van der Waals surface area contributed by atoms with Crippen molar-refractivity contribution in [3.8, 4) is 0 Å². The number of hydrogen-bond donors (Lipinski definition) is 1. The summed E-state index contributed by atoms with van der Waals surface area (Å²) in [7, 11) is -4.00. The quantitative estimate of drug-likeness (QED) is 0.898. The average Bonchev–Trinajstić information content (AvgIpc) is 2.91. The molecule has 0 bridgehead atoms. The van der Waals surface area contributed by atoms with Crippen LogP contribution in [0.4, 0.5) is 4.79 Å². The van der Waals surface area contributed by atoms with Crippen molar-refractivity contribution in [1.82, 2.24) is 9.73 Å². The predicted octanol–water partition coefficient (Wildman–Crippen LogP) is 2.60. The topological polar surface area (TPSA) is 78.8 Å². The van der Waals surface area contributed by atoms with Crippen molar-refractivity contribution < 1.29 is 13.2 Å². The van der Waals surface area contributed by atoms with Gasteiger partial charge in [0.2, 0.25) is 0 Å². The largest absolute Gasteiger partial charge is 0.351 e. The van der Waals surface area contributed by atoms with Crippen LogP contribution in [0.25, 0.3) is 0 Å². The van der Waals surface area contributed by atoms with E-state index in [1.165, 1.54) is 17.1 Å². The highest BCUT2D eigenvalue weighted by molar-refractivity contribution is 7.90. The van der Waals surface area contributed by atoms with Gasteiger partial charge in [-0.25, -0.2) is 22.9 Å². The number of hydrazone groups is 1. The Morgan fingerprint density at radius 3 is 2.82 bits per heavy atom. The van der Waals surface area contributed by atoms with E-state index in [0.717, 1.165) is 31.4 Å². The van der Waals surface area contributed by atoms with Crippen LogP contribution in [-0.2, 0) is 10.0 Å². The minimum atomic E-state index is -4.00. The second-order valence-corrected chi connectivity index (χ2v) is 7.52. The van der Waals surface area contributed by atoms with Gasteiger partial charge >= 0.3 is 6.03 Å². The number of carbonyl (C=O) groups excluding carboxylic acids is 1. The Labute approximate surface area is 134 Å². The number of urea groups is 1. The van der Waals surface area contributed by atoms with Crippen LogP contribution in [-0.4, -0.2) is 31.7 Å². The fraction of sp³-hybridized carbons (Fsp3) is 0.429. The summed E-state index contributed by atoms with van der Waals surface area (Å²) in [6.45, 7) is 0.444. The molecule has 1 unspecified atom stereocenters. The molecule has 1 heterocycles. The van der Waals surface area contributed by atoms with Crippen LogP contribution in [0.3, 0.4) is 0 Å². The molecule has 118 valence electrons. The van der Waals surface area contributed by atoms with Crippen LogP contribution < -0.4 is 4.72 Å². The van der Waals surface area contributed by atoms with E-state index < -0.39 is 16.1 Å². The first-order valence-electron chi connectivity index (χ1n) is 7.13. The first-order chi connectivity index (χ1) is 10.5. The number of rotatable bonds is 2. The third-order valence-corrected chi connectivity index (χ3v) is 5.75. The molecule has 22 heavy (non-hydrogen) atoms. The van der Waals surface area contributed by atoms with E-state index in [9.17, 15) is 13.2 Å². The molecule has 0 spiro atoms. The summed E-state index contributed by atoms with van der Waals surface area (Å²) in [6.07, 6.45) is 4.07. The molecule has 2 aliphatic rings. The van der Waals surface area contributed by atoms with E-state index in [2.05, 4.69) is 5.10 Å². The number of nitrogens with zero attached hydrogens (tertiary/aromatic N) is 2. The maximum atomic E-state index is 12.2. The van der Waals surface area contributed by atoms with Gasteiger partial charge in [0, 0.05) is 11.6 Å². The molecule has 0 radical (unpaired) electrons. The monoisotopic (exact) mass is 341 g/mol. The van der Waals surface area contributed by atoms with Crippen molar-refractivity contribution in [2.75, 3.05) is 6.54 Å². The molecule has 1 atom stereocenters. The Morgan fingerprint density at radius 1 is 1.32 bits per heavy atom. The van der Waals surface area contributed by atoms with Gasteiger partial charge < -0.3 is 0 Å². The summed E-state index contributed by atoms with van der Waals surface area (Å²) in [5.74, 6) is 0.266. The molecule has 0 saturated heterocycles. The lowest BCUT2D eigenvalue weighted by Gasteiger charge is -2.18. The van der Waals surface area contributed by atoms with Crippen molar-refractivity contribution in [1.29, 1.82) is 0 Å². The van der Waals surface area contributed by atoms with Crippen molar-refractivity contribution in [3.05, 3.63) is 29.3 Å². The highest BCUT2D eigenvalue weighted by Gasteiger charge is 2.33. The molecule has 1 aromatic rings. The molecule has 1 aliphatic carbocycles. The summed E-state index contributed by atoms with van der Waals surface area (Å²) in [6, 6.07) is 5.26. The zero-order chi connectivity index (χ0) is 15.7. The molecule has 8 heteroatoms. The maximum absolute atomic E-state index is 12.2. The van der Waals surface area contributed by atoms with Crippen LogP contribution >= 0.6 is 11.6 Å². The lowest BCUT2D eigenvalue weighted by Crippen LogP contribution is -2.40. The van der Waals surface area contributed by atoms with Gasteiger partial charge in [-0.3, -0.25) is 0 Å². The fourth-order valence-corrected chi connectivity index (χ4v) is 4.28. The first kappa shape index (κ1) is 15.3. The summed E-state index contributed by atoms with van der Waals surface area (Å²) in [5.41, 5.74) is 0.997. The summed E-state index contributed by atoms with van der Waals surface area (Å²) in [5, 5.41) is 5.53. The summed E-state index contributed by atoms with van der Waals surface area (Å²) in [4.78, 5) is 12.1. The van der Waals surface area contributed by atoms with Crippen LogP contribution in [0.2, 0.25) is 5.02 Å². The number of hydrogen-bond acceptors (Lipinski definition) is 4. The number of amides is 2. The van der Waals surface area contributed by atoms with Crippen LogP contribution in [0.5, 0.6) is 0 Å². The molecule has 1 aromatic carbocycles. The molecule has 1 fully saturated rings. The van der Waals surface area contributed by atoms with Crippen molar-refractivity contribution in [3.63, 3.8) is 0 Å². The van der Waals surface area contributed by atoms with Crippen molar-refractivity contribution >= 4 is 33.4 Å². The second-order valence-electron chi connectivity index (χ2n) is 5.46. The molecule has 6 nitrogen and oxygen atoms in total. The minimum absolute atomic E-state index is 0.0733. The first-order valence-corrected chi connectivity index (χ1v) is 9.00. The molecular weight excluding hydrogens is 326 g/mol. The van der Waals surface area contributed by atoms with Crippen LogP contribution in [0, 0.1) is 5.92 Å². The van der Waals surface area contributed by atoms with Crippen LogP contribution in [0.1, 0.15) is 25.7 Å². The van der Waals surface area contributed by atoms with E-state index in [4.69, 9.17) is 11.6 Å². The number of halogens is 1. The molecule has 0 aromatic heterocycles. The second kappa shape index (κ2) is 5.89. The maximum Gasteiger partial charge on any atom is 0.351 e. The Morgan fingerprint density at radius 2 is 2.09 bits per heavy atom. The average molecular weight is 342 g/mol. The van der Waals surface area contributed by atoms with Gasteiger partial charge in [-0.05, 0) is 31.4 Å². The molecule has 1 aliphatic heterocycles. The third kappa shape index (κ3) is 2.96. The highest BCUT2D eigenvalue weighted by atomic mass is 35.5. The lowest BCUT2D eigenvalue weighted by molar-refractivity contribution is 0.207. The fourth-order valence-electron chi connectivity index (χ4n) is 2.81. The van der Waals surface area contributed by atoms with E-state index in [1.807, 2.05) is 4.72 Å². The van der Waals surface area contributed by atoms with Crippen LogP contribution in [0.15, 0.2) is 34.3 Å². The number of carbonyl (C=O) groups is 1. The summed E-state index contributed by atoms with van der Waals surface area (Å²) >= 11 is 5.88.